The number of thiophene rings is 1. The molecule has 0 amide bonds. The van der Waals surface area contributed by atoms with Gasteiger partial charge in [0.05, 0.1) is 4.88 Å². The molecule has 1 aromatic carbocycles. The fourth-order valence-electron chi connectivity index (χ4n) is 3.62. The van der Waals surface area contributed by atoms with Crippen LogP contribution in [0.1, 0.15) is 18.4 Å². The Kier molecular flexibility index (Phi) is 6.88. The lowest BCUT2D eigenvalue weighted by atomic mass is 9.97. The van der Waals surface area contributed by atoms with Crippen molar-refractivity contribution in [2.24, 2.45) is 5.92 Å². The minimum absolute atomic E-state index is 0.244. The van der Waals surface area contributed by atoms with Gasteiger partial charge < -0.3 is 0 Å². The van der Waals surface area contributed by atoms with Crippen LogP contribution in [0.15, 0.2) is 57.5 Å². The van der Waals surface area contributed by atoms with Gasteiger partial charge in [-0.05, 0) is 67.7 Å². The number of halogens is 1. The van der Waals surface area contributed by atoms with Crippen LogP contribution in [0, 0.1) is 5.92 Å². The number of rotatable bonds is 7. The summed E-state index contributed by atoms with van der Waals surface area (Å²) in [5.74, 6) is 0.311. The van der Waals surface area contributed by atoms with E-state index in [1.807, 2.05) is 18.2 Å². The molecule has 3 aromatic rings. The van der Waals surface area contributed by atoms with E-state index in [4.69, 9.17) is 11.6 Å². The Morgan fingerprint density at radius 2 is 1.97 bits per heavy atom. The monoisotopic (exact) mass is 478 g/mol. The quantitative estimate of drug-likeness (QED) is 0.543. The Bertz CT molecular complexity index is 1180. The fraction of sp³-hybridized carbons (Fsp3) is 0.333. The van der Waals surface area contributed by atoms with Gasteiger partial charge in [0.15, 0.2) is 0 Å². The van der Waals surface area contributed by atoms with Crippen molar-refractivity contribution in [2.75, 3.05) is 19.6 Å². The highest BCUT2D eigenvalue weighted by Crippen LogP contribution is 2.29. The molecular formula is C21H23ClN4O3S2. The van der Waals surface area contributed by atoms with Crippen molar-refractivity contribution in [3.63, 3.8) is 0 Å². The molecule has 0 spiro atoms. The molecule has 2 aromatic heterocycles. The maximum atomic E-state index is 12.7. The molecule has 0 saturated carbocycles. The highest BCUT2D eigenvalue weighted by molar-refractivity contribution is 7.91. The van der Waals surface area contributed by atoms with Crippen LogP contribution in [0.25, 0.3) is 10.6 Å². The summed E-state index contributed by atoms with van der Waals surface area (Å²) in [7, 11) is -3.58. The SMILES string of the molecule is O=c1ccc(-c2ccc(S(=O)(=O)NCC3CCN(Cc4cccc(Cl)c4)CC3)s2)n[nH]1. The van der Waals surface area contributed by atoms with Crippen molar-refractivity contribution >= 4 is 33.0 Å². The number of likely N-dealkylation sites (tertiary alicyclic amines) is 1. The van der Waals surface area contributed by atoms with E-state index in [0.29, 0.717) is 23.0 Å². The molecule has 0 unspecified atom stereocenters. The summed E-state index contributed by atoms with van der Waals surface area (Å²) in [5, 5.41) is 7.06. The summed E-state index contributed by atoms with van der Waals surface area (Å²) >= 11 is 7.20. The lowest BCUT2D eigenvalue weighted by molar-refractivity contribution is 0.178. The van der Waals surface area contributed by atoms with Crippen LogP contribution in [0.2, 0.25) is 5.02 Å². The van der Waals surface area contributed by atoms with Crippen molar-refractivity contribution in [3.05, 3.63) is 69.5 Å². The third kappa shape index (κ3) is 5.81. The van der Waals surface area contributed by atoms with E-state index in [2.05, 4.69) is 25.9 Å². The molecule has 164 valence electrons. The molecular weight excluding hydrogens is 456 g/mol. The third-order valence-electron chi connectivity index (χ3n) is 5.34. The van der Waals surface area contributed by atoms with Gasteiger partial charge in [-0.15, -0.1) is 11.3 Å². The van der Waals surface area contributed by atoms with Crippen LogP contribution in [-0.4, -0.2) is 43.1 Å². The number of hydrogen-bond acceptors (Lipinski definition) is 6. The molecule has 4 rings (SSSR count). The van der Waals surface area contributed by atoms with Crippen LogP contribution in [-0.2, 0) is 16.6 Å². The van der Waals surface area contributed by atoms with Gasteiger partial charge in [0.1, 0.15) is 9.90 Å². The van der Waals surface area contributed by atoms with E-state index < -0.39 is 10.0 Å². The molecule has 1 saturated heterocycles. The summed E-state index contributed by atoms with van der Waals surface area (Å²) in [6.45, 7) is 3.15. The highest BCUT2D eigenvalue weighted by Gasteiger charge is 2.23. The first kappa shape index (κ1) is 22.2. The zero-order chi connectivity index (χ0) is 21.8. The number of benzene rings is 1. The lowest BCUT2D eigenvalue weighted by Gasteiger charge is -2.32. The van der Waals surface area contributed by atoms with Gasteiger partial charge in [0.2, 0.25) is 10.0 Å². The standard InChI is InChI=1S/C21H23ClN4O3S2/c22-17-3-1-2-16(12-17)14-26-10-8-15(9-11-26)13-23-31(28,29)21-7-5-19(30-21)18-4-6-20(27)25-24-18/h1-7,12,15,23H,8-11,13-14H2,(H,25,27). The zero-order valence-electron chi connectivity index (χ0n) is 16.8. The van der Waals surface area contributed by atoms with Crippen LogP contribution < -0.4 is 10.3 Å². The number of nitrogens with one attached hydrogen (secondary N) is 2. The predicted octanol–water partition coefficient (Wildman–Crippen LogP) is 3.34. The Labute approximate surface area is 190 Å². The van der Waals surface area contributed by atoms with Crippen molar-refractivity contribution < 1.29 is 8.42 Å². The molecule has 7 nitrogen and oxygen atoms in total. The summed E-state index contributed by atoms with van der Waals surface area (Å²) in [5.41, 5.74) is 1.43. The normalized spacial score (nSPS) is 15.9. The Morgan fingerprint density at radius 1 is 1.16 bits per heavy atom. The van der Waals surface area contributed by atoms with Crippen LogP contribution in [0.5, 0.6) is 0 Å². The molecule has 1 aliphatic heterocycles. The van der Waals surface area contributed by atoms with E-state index in [-0.39, 0.29) is 9.77 Å². The third-order valence-corrected chi connectivity index (χ3v) is 8.60. The van der Waals surface area contributed by atoms with Crippen molar-refractivity contribution in [3.8, 4) is 10.6 Å². The van der Waals surface area contributed by atoms with E-state index >= 15 is 0 Å². The first-order valence-electron chi connectivity index (χ1n) is 10.0. The number of nitrogens with zero attached hydrogens (tertiary/aromatic N) is 2. The van der Waals surface area contributed by atoms with Gasteiger partial charge >= 0.3 is 0 Å². The predicted molar refractivity (Wildman–Crippen MR) is 123 cm³/mol. The second kappa shape index (κ2) is 9.62. The minimum Gasteiger partial charge on any atom is -0.299 e. The molecule has 2 N–H and O–H groups in total. The van der Waals surface area contributed by atoms with Crippen LogP contribution in [0.3, 0.4) is 0 Å². The average Bonchev–Trinajstić information content (AvgIpc) is 3.25. The van der Waals surface area contributed by atoms with Gasteiger partial charge in [0, 0.05) is 24.2 Å². The molecule has 0 atom stereocenters. The maximum Gasteiger partial charge on any atom is 0.264 e. The summed E-state index contributed by atoms with van der Waals surface area (Å²) < 4.78 is 28.4. The summed E-state index contributed by atoms with van der Waals surface area (Å²) in [6.07, 6.45) is 1.89. The van der Waals surface area contributed by atoms with Crippen molar-refractivity contribution in [1.29, 1.82) is 0 Å². The molecule has 3 heterocycles. The first-order chi connectivity index (χ1) is 14.9. The number of piperidine rings is 1. The van der Waals surface area contributed by atoms with E-state index in [1.54, 1.807) is 18.2 Å². The minimum atomic E-state index is -3.58. The van der Waals surface area contributed by atoms with Crippen LogP contribution in [0.4, 0.5) is 0 Å². The molecule has 0 radical (unpaired) electrons. The summed E-state index contributed by atoms with van der Waals surface area (Å²) in [6, 6.07) is 14.1. The molecule has 0 bridgehead atoms. The van der Waals surface area contributed by atoms with Gasteiger partial charge in [0.25, 0.3) is 5.56 Å². The number of hydrogen-bond donors (Lipinski definition) is 2. The van der Waals surface area contributed by atoms with Crippen molar-refractivity contribution in [1.82, 2.24) is 19.8 Å². The second-order valence-corrected chi connectivity index (χ2v) is 11.1. The Balaban J connectivity index is 1.29. The maximum absolute atomic E-state index is 12.7. The van der Waals surface area contributed by atoms with E-state index in [0.717, 1.165) is 48.8 Å². The smallest absolute Gasteiger partial charge is 0.264 e. The fourth-order valence-corrected chi connectivity index (χ4v) is 6.27. The van der Waals surface area contributed by atoms with Crippen molar-refractivity contribution in [2.45, 2.75) is 23.6 Å². The first-order valence-corrected chi connectivity index (χ1v) is 12.7. The van der Waals surface area contributed by atoms with E-state index in [9.17, 15) is 13.2 Å². The van der Waals surface area contributed by atoms with Gasteiger partial charge in [-0.2, -0.15) is 5.10 Å². The van der Waals surface area contributed by atoms with Gasteiger partial charge in [-0.25, -0.2) is 18.2 Å². The number of H-pyrrole nitrogens is 1. The Morgan fingerprint density at radius 3 is 2.68 bits per heavy atom. The largest absolute Gasteiger partial charge is 0.299 e. The Hall–Kier alpha value is -2.04. The molecule has 10 heteroatoms. The van der Waals surface area contributed by atoms with Gasteiger partial charge in [-0.3, -0.25) is 9.69 Å². The molecule has 1 fully saturated rings. The highest BCUT2D eigenvalue weighted by atomic mass is 35.5. The topological polar surface area (TPSA) is 95.2 Å². The summed E-state index contributed by atoms with van der Waals surface area (Å²) in [4.78, 5) is 14.2. The zero-order valence-corrected chi connectivity index (χ0v) is 19.1. The number of aromatic amines is 1. The number of sulfonamides is 1. The second-order valence-electron chi connectivity index (χ2n) is 7.63. The van der Waals surface area contributed by atoms with E-state index in [1.165, 1.54) is 11.6 Å². The molecule has 0 aliphatic carbocycles. The molecule has 31 heavy (non-hydrogen) atoms. The number of aromatic nitrogens is 2. The van der Waals surface area contributed by atoms with Gasteiger partial charge in [-0.1, -0.05) is 23.7 Å². The molecule has 1 aliphatic rings. The average molecular weight is 479 g/mol. The van der Waals surface area contributed by atoms with Crippen LogP contribution >= 0.6 is 22.9 Å². The lowest BCUT2D eigenvalue weighted by Crippen LogP contribution is -2.38.